The highest BCUT2D eigenvalue weighted by atomic mass is 16.2. The first-order valence-corrected chi connectivity index (χ1v) is 6.76. The summed E-state index contributed by atoms with van der Waals surface area (Å²) in [7, 11) is 0. The van der Waals surface area contributed by atoms with Crippen LogP contribution in [0.2, 0.25) is 0 Å². The van der Waals surface area contributed by atoms with E-state index in [9.17, 15) is 4.79 Å². The zero-order valence-corrected chi connectivity index (χ0v) is 11.5. The first kappa shape index (κ1) is 14.7. The molecular weight excluding hydrogens is 224 g/mol. The number of aryl methyl sites for hydroxylation is 1. The van der Waals surface area contributed by atoms with Gasteiger partial charge in [0.1, 0.15) is 0 Å². The van der Waals surface area contributed by atoms with Gasteiger partial charge in [-0.15, -0.1) is 0 Å². The summed E-state index contributed by atoms with van der Waals surface area (Å²) < 4.78 is 0. The number of hydrogen-bond donors (Lipinski definition) is 1. The number of amides is 1. The van der Waals surface area contributed by atoms with E-state index in [4.69, 9.17) is 5.73 Å². The van der Waals surface area contributed by atoms with Gasteiger partial charge in [-0.3, -0.25) is 4.79 Å². The van der Waals surface area contributed by atoms with Crippen LogP contribution in [0.3, 0.4) is 0 Å². The molecule has 2 N–H and O–H groups in total. The quantitative estimate of drug-likeness (QED) is 0.754. The number of carbonyl (C=O) groups is 1. The summed E-state index contributed by atoms with van der Waals surface area (Å²) in [5.74, 6) is 0.208. The van der Waals surface area contributed by atoms with Gasteiger partial charge < -0.3 is 10.6 Å². The Morgan fingerprint density at radius 1 is 1.28 bits per heavy atom. The van der Waals surface area contributed by atoms with Crippen LogP contribution < -0.4 is 10.6 Å². The zero-order valence-electron chi connectivity index (χ0n) is 11.5. The second-order valence-electron chi connectivity index (χ2n) is 4.58. The van der Waals surface area contributed by atoms with Crippen LogP contribution in [0, 0.1) is 6.92 Å². The molecule has 0 aromatic heterocycles. The Kier molecular flexibility index (Phi) is 6.44. The number of benzene rings is 1. The molecule has 0 aliphatic carbocycles. The summed E-state index contributed by atoms with van der Waals surface area (Å²) >= 11 is 0. The van der Waals surface area contributed by atoms with Crippen molar-refractivity contribution < 1.29 is 4.79 Å². The lowest BCUT2D eigenvalue weighted by Crippen LogP contribution is -2.30. The van der Waals surface area contributed by atoms with Crippen molar-refractivity contribution in [3.63, 3.8) is 0 Å². The van der Waals surface area contributed by atoms with Gasteiger partial charge in [-0.1, -0.05) is 18.6 Å². The standard InChI is InChI=1S/C15H24N2O/c1-3-17(14-9-7-8-13(2)12-14)15(18)10-5-4-6-11-16/h7-9,12H,3-6,10-11,16H2,1-2H3. The van der Waals surface area contributed by atoms with E-state index in [-0.39, 0.29) is 5.91 Å². The molecule has 0 fully saturated rings. The lowest BCUT2D eigenvalue weighted by molar-refractivity contribution is -0.118. The molecule has 100 valence electrons. The van der Waals surface area contributed by atoms with Crippen molar-refractivity contribution in [2.75, 3.05) is 18.0 Å². The molecule has 0 saturated carbocycles. The molecule has 0 saturated heterocycles. The first-order chi connectivity index (χ1) is 8.69. The Balaban J connectivity index is 2.57. The maximum atomic E-state index is 12.1. The lowest BCUT2D eigenvalue weighted by Gasteiger charge is -2.21. The highest BCUT2D eigenvalue weighted by Gasteiger charge is 2.13. The zero-order chi connectivity index (χ0) is 13.4. The van der Waals surface area contributed by atoms with Crippen LogP contribution in [-0.2, 0) is 4.79 Å². The first-order valence-electron chi connectivity index (χ1n) is 6.76. The van der Waals surface area contributed by atoms with Gasteiger partial charge in [-0.2, -0.15) is 0 Å². The van der Waals surface area contributed by atoms with E-state index in [1.54, 1.807) is 0 Å². The maximum absolute atomic E-state index is 12.1. The number of nitrogens with two attached hydrogens (primary N) is 1. The van der Waals surface area contributed by atoms with Crippen molar-refractivity contribution in [2.45, 2.75) is 39.5 Å². The Bertz CT molecular complexity index is 377. The maximum Gasteiger partial charge on any atom is 0.226 e. The SMILES string of the molecule is CCN(C(=O)CCCCCN)c1cccc(C)c1. The van der Waals surface area contributed by atoms with Gasteiger partial charge in [-0.05, 0) is 50.9 Å². The molecule has 3 heteroatoms. The number of nitrogens with zero attached hydrogens (tertiary/aromatic N) is 1. The number of unbranched alkanes of at least 4 members (excludes halogenated alkanes) is 2. The monoisotopic (exact) mass is 248 g/mol. The number of anilines is 1. The Morgan fingerprint density at radius 2 is 2.06 bits per heavy atom. The largest absolute Gasteiger partial charge is 0.330 e. The van der Waals surface area contributed by atoms with Gasteiger partial charge >= 0.3 is 0 Å². The predicted octanol–water partition coefficient (Wildman–Crippen LogP) is 2.87. The van der Waals surface area contributed by atoms with E-state index in [0.717, 1.165) is 31.5 Å². The van der Waals surface area contributed by atoms with Crippen LogP contribution in [0.4, 0.5) is 5.69 Å². The Morgan fingerprint density at radius 3 is 2.67 bits per heavy atom. The van der Waals surface area contributed by atoms with Crippen molar-refractivity contribution in [1.29, 1.82) is 0 Å². The van der Waals surface area contributed by atoms with Gasteiger partial charge in [0.2, 0.25) is 5.91 Å². The average Bonchev–Trinajstić information content (AvgIpc) is 2.36. The summed E-state index contributed by atoms with van der Waals surface area (Å²) in [6.07, 6.45) is 3.58. The molecule has 1 aromatic carbocycles. The molecule has 0 unspecified atom stereocenters. The van der Waals surface area contributed by atoms with Crippen molar-refractivity contribution >= 4 is 11.6 Å². The molecule has 0 spiro atoms. The van der Waals surface area contributed by atoms with Gasteiger partial charge in [0.05, 0.1) is 0 Å². The van der Waals surface area contributed by atoms with Crippen LogP contribution in [-0.4, -0.2) is 19.0 Å². The third-order valence-corrected chi connectivity index (χ3v) is 3.03. The second-order valence-corrected chi connectivity index (χ2v) is 4.58. The molecule has 0 radical (unpaired) electrons. The van der Waals surface area contributed by atoms with Crippen LogP contribution >= 0.6 is 0 Å². The highest BCUT2D eigenvalue weighted by molar-refractivity contribution is 5.93. The van der Waals surface area contributed by atoms with Gasteiger partial charge in [0.25, 0.3) is 0 Å². The minimum atomic E-state index is 0.208. The second kappa shape index (κ2) is 7.88. The fourth-order valence-corrected chi connectivity index (χ4v) is 2.03. The highest BCUT2D eigenvalue weighted by Crippen LogP contribution is 2.17. The molecule has 18 heavy (non-hydrogen) atoms. The smallest absolute Gasteiger partial charge is 0.226 e. The van der Waals surface area contributed by atoms with Crippen LogP contribution in [0.5, 0.6) is 0 Å². The lowest BCUT2D eigenvalue weighted by atomic mass is 10.1. The molecule has 3 nitrogen and oxygen atoms in total. The topological polar surface area (TPSA) is 46.3 Å². The van der Waals surface area contributed by atoms with Crippen molar-refractivity contribution in [3.8, 4) is 0 Å². The van der Waals surface area contributed by atoms with Gasteiger partial charge in [0, 0.05) is 18.7 Å². The average molecular weight is 248 g/mol. The fraction of sp³-hybridized carbons (Fsp3) is 0.533. The summed E-state index contributed by atoms with van der Waals surface area (Å²) in [5.41, 5.74) is 7.63. The predicted molar refractivity (Wildman–Crippen MR) is 76.7 cm³/mol. The van der Waals surface area contributed by atoms with E-state index in [2.05, 4.69) is 6.07 Å². The van der Waals surface area contributed by atoms with Gasteiger partial charge in [0.15, 0.2) is 0 Å². The van der Waals surface area contributed by atoms with E-state index < -0.39 is 0 Å². The number of hydrogen-bond acceptors (Lipinski definition) is 2. The molecule has 0 aliphatic heterocycles. The molecule has 0 atom stereocenters. The normalized spacial score (nSPS) is 10.4. The van der Waals surface area contributed by atoms with Gasteiger partial charge in [-0.25, -0.2) is 0 Å². The number of rotatable bonds is 7. The third-order valence-electron chi connectivity index (χ3n) is 3.03. The van der Waals surface area contributed by atoms with E-state index >= 15 is 0 Å². The molecular formula is C15H24N2O. The summed E-state index contributed by atoms with van der Waals surface area (Å²) in [5, 5.41) is 0. The molecule has 0 heterocycles. The molecule has 0 aliphatic rings. The minimum absolute atomic E-state index is 0.208. The van der Waals surface area contributed by atoms with Crippen LogP contribution in [0.25, 0.3) is 0 Å². The minimum Gasteiger partial charge on any atom is -0.330 e. The van der Waals surface area contributed by atoms with E-state index in [1.165, 1.54) is 5.56 Å². The number of carbonyl (C=O) groups excluding carboxylic acids is 1. The molecule has 1 rings (SSSR count). The van der Waals surface area contributed by atoms with E-state index in [0.29, 0.717) is 13.0 Å². The molecule has 0 bridgehead atoms. The molecule has 1 aromatic rings. The molecule has 1 amide bonds. The summed E-state index contributed by atoms with van der Waals surface area (Å²) in [6.45, 7) is 5.49. The Labute approximate surface area is 110 Å². The van der Waals surface area contributed by atoms with Crippen molar-refractivity contribution in [3.05, 3.63) is 29.8 Å². The van der Waals surface area contributed by atoms with Crippen molar-refractivity contribution in [2.24, 2.45) is 5.73 Å². The van der Waals surface area contributed by atoms with E-state index in [1.807, 2.05) is 36.9 Å². The third kappa shape index (κ3) is 4.49. The summed E-state index contributed by atoms with van der Waals surface area (Å²) in [4.78, 5) is 14.0. The Hall–Kier alpha value is -1.35. The summed E-state index contributed by atoms with van der Waals surface area (Å²) in [6, 6.07) is 8.09. The van der Waals surface area contributed by atoms with Crippen molar-refractivity contribution in [1.82, 2.24) is 0 Å². The van der Waals surface area contributed by atoms with Crippen LogP contribution in [0.1, 0.15) is 38.2 Å². The fourth-order valence-electron chi connectivity index (χ4n) is 2.03. The van der Waals surface area contributed by atoms with Crippen LogP contribution in [0.15, 0.2) is 24.3 Å².